The van der Waals surface area contributed by atoms with Crippen LogP contribution in [0, 0.1) is 0 Å². The van der Waals surface area contributed by atoms with Gasteiger partial charge in [0, 0.05) is 23.5 Å². The Hall–Kier alpha value is -3.40. The van der Waals surface area contributed by atoms with E-state index < -0.39 is 11.8 Å². The zero-order valence-corrected chi connectivity index (χ0v) is 15.7. The Kier molecular flexibility index (Phi) is 6.89. The van der Waals surface area contributed by atoms with Crippen LogP contribution in [0.3, 0.4) is 0 Å². The monoisotopic (exact) mass is 390 g/mol. The number of thiocarbonyl (C=S) groups is 1. The summed E-state index contributed by atoms with van der Waals surface area (Å²) in [7, 11) is 4.35. The lowest BCUT2D eigenvalue weighted by atomic mass is 10.1. The zero-order chi connectivity index (χ0) is 19.8. The fraction of sp³-hybridized carbons (Fsp3) is 0.176. The van der Waals surface area contributed by atoms with Gasteiger partial charge in [-0.05, 0) is 36.5 Å². The van der Waals surface area contributed by atoms with E-state index in [-0.39, 0.29) is 10.7 Å². The maximum Gasteiger partial charge on any atom is 0.269 e. The molecule has 0 bridgehead atoms. The highest BCUT2D eigenvalue weighted by Crippen LogP contribution is 2.38. The summed E-state index contributed by atoms with van der Waals surface area (Å²) in [6, 6.07) is 6.03. The number of pyridine rings is 1. The third-order valence-corrected chi connectivity index (χ3v) is 3.59. The van der Waals surface area contributed by atoms with Crippen LogP contribution in [-0.4, -0.2) is 43.2 Å². The summed E-state index contributed by atoms with van der Waals surface area (Å²) >= 11 is 5.01. The highest BCUT2D eigenvalue weighted by atomic mass is 32.1. The van der Waals surface area contributed by atoms with Crippen molar-refractivity contribution >= 4 is 29.1 Å². The summed E-state index contributed by atoms with van der Waals surface area (Å²) in [6.07, 6.45) is 2.97. The number of hydrogen-bond donors (Lipinski definition) is 3. The number of methoxy groups -OCH3 is 3. The predicted octanol–water partition coefficient (Wildman–Crippen LogP) is 1.06. The van der Waals surface area contributed by atoms with Crippen molar-refractivity contribution in [2.75, 3.05) is 21.3 Å². The number of hydrogen-bond acceptors (Lipinski definition) is 7. The van der Waals surface area contributed by atoms with Crippen molar-refractivity contribution in [3.8, 4) is 17.2 Å². The summed E-state index contributed by atoms with van der Waals surface area (Å²) in [5, 5.41) is 2.36. The van der Waals surface area contributed by atoms with Gasteiger partial charge in [0.25, 0.3) is 11.8 Å². The molecule has 0 unspecified atom stereocenters. The molecular formula is C17H18N4O5S. The molecule has 1 aromatic heterocycles. The van der Waals surface area contributed by atoms with Gasteiger partial charge in [-0.1, -0.05) is 0 Å². The van der Waals surface area contributed by atoms with Gasteiger partial charge >= 0.3 is 0 Å². The zero-order valence-electron chi connectivity index (χ0n) is 14.9. The van der Waals surface area contributed by atoms with E-state index in [1.165, 1.54) is 58.0 Å². The lowest BCUT2D eigenvalue weighted by Crippen LogP contribution is -2.48. The first kappa shape index (κ1) is 19.9. The number of carbonyl (C=O) groups excluding carboxylic acids is 2. The number of carbonyl (C=O) groups is 2. The van der Waals surface area contributed by atoms with Crippen LogP contribution >= 0.6 is 12.2 Å². The third kappa shape index (κ3) is 5.05. The smallest absolute Gasteiger partial charge is 0.269 e. The van der Waals surface area contributed by atoms with Gasteiger partial charge in [-0.3, -0.25) is 30.7 Å². The molecule has 2 amide bonds. The molecule has 27 heavy (non-hydrogen) atoms. The van der Waals surface area contributed by atoms with Crippen molar-refractivity contribution < 1.29 is 23.8 Å². The number of nitrogens with zero attached hydrogens (tertiary/aromatic N) is 1. The molecule has 0 saturated heterocycles. The van der Waals surface area contributed by atoms with Crippen molar-refractivity contribution in [3.05, 3.63) is 47.8 Å². The summed E-state index contributed by atoms with van der Waals surface area (Å²) < 4.78 is 15.6. The van der Waals surface area contributed by atoms with E-state index in [1.807, 2.05) is 0 Å². The summed E-state index contributed by atoms with van der Waals surface area (Å²) in [4.78, 5) is 28.1. The van der Waals surface area contributed by atoms with Gasteiger partial charge in [0.05, 0.1) is 21.3 Å². The van der Waals surface area contributed by atoms with Crippen LogP contribution in [0.1, 0.15) is 20.7 Å². The molecule has 0 aliphatic carbocycles. The Balaban J connectivity index is 2.02. The number of benzene rings is 1. The van der Waals surface area contributed by atoms with E-state index in [1.54, 1.807) is 0 Å². The number of rotatable bonds is 5. The van der Waals surface area contributed by atoms with Gasteiger partial charge in [0.2, 0.25) is 5.75 Å². The average Bonchev–Trinajstić information content (AvgIpc) is 2.71. The molecule has 0 saturated carbocycles. The molecule has 0 aliphatic rings. The number of amides is 2. The third-order valence-electron chi connectivity index (χ3n) is 3.39. The molecule has 3 N–H and O–H groups in total. The maximum absolute atomic E-state index is 12.4. The quantitative estimate of drug-likeness (QED) is 0.513. The Morgan fingerprint density at radius 1 is 0.889 bits per heavy atom. The van der Waals surface area contributed by atoms with Crippen LogP contribution < -0.4 is 30.4 Å². The molecule has 0 fully saturated rings. The molecule has 0 spiro atoms. The highest BCUT2D eigenvalue weighted by Gasteiger charge is 2.17. The second-order valence-electron chi connectivity index (χ2n) is 5.01. The van der Waals surface area contributed by atoms with E-state index in [0.717, 1.165) is 0 Å². The Morgan fingerprint density at radius 3 is 2.00 bits per heavy atom. The van der Waals surface area contributed by atoms with Gasteiger partial charge < -0.3 is 14.2 Å². The first-order valence-electron chi connectivity index (χ1n) is 7.61. The molecule has 2 aromatic rings. The fourth-order valence-corrected chi connectivity index (χ4v) is 2.25. The lowest BCUT2D eigenvalue weighted by molar-refractivity contribution is 0.0934. The minimum Gasteiger partial charge on any atom is -0.493 e. The minimum absolute atomic E-state index is 0.0869. The Labute approximate surface area is 161 Å². The highest BCUT2D eigenvalue weighted by molar-refractivity contribution is 7.80. The van der Waals surface area contributed by atoms with Crippen molar-refractivity contribution in [1.82, 2.24) is 21.2 Å². The van der Waals surface area contributed by atoms with Crippen LogP contribution in [0.4, 0.5) is 0 Å². The Bertz CT molecular complexity index is 819. The van der Waals surface area contributed by atoms with E-state index in [9.17, 15) is 9.59 Å². The van der Waals surface area contributed by atoms with Crippen molar-refractivity contribution in [2.24, 2.45) is 0 Å². The van der Waals surface area contributed by atoms with Gasteiger partial charge in [0.1, 0.15) is 0 Å². The van der Waals surface area contributed by atoms with E-state index >= 15 is 0 Å². The standard InChI is InChI=1S/C17H18N4O5S/c1-24-12-8-11(9-13(25-2)14(12)26-3)15(22)19-17(27)21-20-16(23)10-4-6-18-7-5-10/h4-9H,1-3H3,(H,20,23)(H2,19,21,22,27). The molecule has 0 aliphatic heterocycles. The molecular weight excluding hydrogens is 372 g/mol. The summed E-state index contributed by atoms with van der Waals surface area (Å²) in [5.74, 6) is 0.0623. The van der Waals surface area contributed by atoms with Crippen molar-refractivity contribution in [2.45, 2.75) is 0 Å². The first-order valence-corrected chi connectivity index (χ1v) is 8.02. The van der Waals surface area contributed by atoms with Crippen LogP contribution in [0.5, 0.6) is 17.2 Å². The maximum atomic E-state index is 12.4. The van der Waals surface area contributed by atoms with E-state index in [0.29, 0.717) is 22.8 Å². The van der Waals surface area contributed by atoms with Crippen molar-refractivity contribution in [3.63, 3.8) is 0 Å². The van der Waals surface area contributed by atoms with Crippen LogP contribution in [0.2, 0.25) is 0 Å². The number of aromatic nitrogens is 1. The second-order valence-corrected chi connectivity index (χ2v) is 5.42. The fourth-order valence-electron chi connectivity index (χ4n) is 2.11. The minimum atomic E-state index is -0.523. The van der Waals surface area contributed by atoms with Gasteiger partial charge in [0.15, 0.2) is 16.6 Å². The number of hydrazine groups is 1. The normalized spacial score (nSPS) is 9.74. The number of ether oxygens (including phenoxy) is 3. The largest absolute Gasteiger partial charge is 0.493 e. The molecule has 0 atom stereocenters. The van der Waals surface area contributed by atoms with E-state index in [4.69, 9.17) is 26.4 Å². The van der Waals surface area contributed by atoms with Crippen molar-refractivity contribution in [1.29, 1.82) is 0 Å². The molecule has 1 heterocycles. The molecule has 0 radical (unpaired) electrons. The molecule has 2 rings (SSSR count). The van der Waals surface area contributed by atoms with Gasteiger partial charge in [-0.25, -0.2) is 0 Å². The number of nitrogens with one attached hydrogen (secondary N) is 3. The molecule has 10 heteroatoms. The predicted molar refractivity (Wildman–Crippen MR) is 101 cm³/mol. The first-order chi connectivity index (χ1) is 13.0. The average molecular weight is 390 g/mol. The Morgan fingerprint density at radius 2 is 1.48 bits per heavy atom. The second kappa shape index (κ2) is 9.34. The SMILES string of the molecule is COc1cc(C(=O)NC(=S)NNC(=O)c2ccncc2)cc(OC)c1OC. The topological polar surface area (TPSA) is 111 Å². The van der Waals surface area contributed by atoms with Gasteiger partial charge in [-0.2, -0.15) is 0 Å². The lowest BCUT2D eigenvalue weighted by Gasteiger charge is -2.15. The summed E-state index contributed by atoms with van der Waals surface area (Å²) in [6.45, 7) is 0. The summed E-state index contributed by atoms with van der Waals surface area (Å²) in [5.41, 5.74) is 5.45. The van der Waals surface area contributed by atoms with Crippen LogP contribution in [-0.2, 0) is 0 Å². The molecule has 1 aromatic carbocycles. The van der Waals surface area contributed by atoms with Crippen LogP contribution in [0.25, 0.3) is 0 Å². The van der Waals surface area contributed by atoms with E-state index in [2.05, 4.69) is 21.2 Å². The molecule has 9 nitrogen and oxygen atoms in total. The van der Waals surface area contributed by atoms with Crippen LogP contribution in [0.15, 0.2) is 36.7 Å². The molecule has 142 valence electrons. The van der Waals surface area contributed by atoms with Gasteiger partial charge in [-0.15, -0.1) is 0 Å².